The fourth-order valence-electron chi connectivity index (χ4n) is 2.57. The Morgan fingerprint density at radius 3 is 2.79 bits per heavy atom. The zero-order valence-electron chi connectivity index (χ0n) is 8.88. The summed E-state index contributed by atoms with van der Waals surface area (Å²) in [5.74, 6) is 1.02. The summed E-state index contributed by atoms with van der Waals surface area (Å²) in [5.41, 5.74) is 0. The summed E-state index contributed by atoms with van der Waals surface area (Å²) in [4.78, 5) is 11.0. The van der Waals surface area contributed by atoms with Gasteiger partial charge in [0.1, 0.15) is 0 Å². The van der Waals surface area contributed by atoms with Gasteiger partial charge in [0, 0.05) is 25.0 Å². The molecule has 0 aromatic heterocycles. The van der Waals surface area contributed by atoms with Gasteiger partial charge in [-0.25, -0.2) is 0 Å². The van der Waals surface area contributed by atoms with E-state index in [2.05, 4.69) is 17.6 Å². The van der Waals surface area contributed by atoms with Crippen molar-refractivity contribution in [3.63, 3.8) is 0 Å². The molecule has 2 rings (SSSR count). The van der Waals surface area contributed by atoms with E-state index in [4.69, 9.17) is 0 Å². The number of nitrogens with one attached hydrogen (secondary N) is 2. The molecule has 80 valence electrons. The molecule has 1 aliphatic carbocycles. The topological polar surface area (TPSA) is 41.1 Å². The second kappa shape index (κ2) is 4.30. The molecule has 3 heteroatoms. The lowest BCUT2D eigenvalue weighted by Crippen LogP contribution is -2.49. The molecule has 0 spiro atoms. The van der Waals surface area contributed by atoms with Gasteiger partial charge < -0.3 is 10.6 Å². The van der Waals surface area contributed by atoms with Gasteiger partial charge in [0.15, 0.2) is 0 Å². The van der Waals surface area contributed by atoms with Crippen molar-refractivity contribution in [1.82, 2.24) is 10.6 Å². The largest absolute Gasteiger partial charge is 0.355 e. The normalized spacial score (nSPS) is 38.4. The Morgan fingerprint density at radius 2 is 2.21 bits per heavy atom. The van der Waals surface area contributed by atoms with Crippen molar-refractivity contribution in [3.8, 4) is 0 Å². The number of hydrogen-bond acceptors (Lipinski definition) is 2. The standard InChI is InChI=1S/C11H20N2O/c1-8-3-2-4-10(8)13-9-5-6-11(14)12-7-9/h8-10,13H,2-7H2,1H3,(H,12,14). The second-order valence-electron chi connectivity index (χ2n) is 4.72. The number of hydrogen-bond donors (Lipinski definition) is 2. The minimum Gasteiger partial charge on any atom is -0.355 e. The molecule has 0 bridgehead atoms. The van der Waals surface area contributed by atoms with Gasteiger partial charge in [0.2, 0.25) is 5.91 Å². The summed E-state index contributed by atoms with van der Waals surface area (Å²) in [5, 5.41) is 6.59. The number of rotatable bonds is 2. The summed E-state index contributed by atoms with van der Waals surface area (Å²) < 4.78 is 0. The van der Waals surface area contributed by atoms with Crippen LogP contribution in [0.15, 0.2) is 0 Å². The molecular weight excluding hydrogens is 176 g/mol. The lowest BCUT2D eigenvalue weighted by Gasteiger charge is -2.28. The van der Waals surface area contributed by atoms with Crippen LogP contribution < -0.4 is 10.6 Å². The second-order valence-corrected chi connectivity index (χ2v) is 4.72. The molecule has 1 aliphatic heterocycles. The summed E-state index contributed by atoms with van der Waals surface area (Å²) in [6, 6.07) is 1.20. The molecule has 0 aromatic carbocycles. The van der Waals surface area contributed by atoms with E-state index >= 15 is 0 Å². The summed E-state index contributed by atoms with van der Waals surface area (Å²) in [6.07, 6.45) is 5.73. The van der Waals surface area contributed by atoms with Crippen LogP contribution in [-0.4, -0.2) is 24.5 Å². The maximum atomic E-state index is 11.0. The van der Waals surface area contributed by atoms with E-state index in [1.807, 2.05) is 0 Å². The monoisotopic (exact) mass is 196 g/mol. The van der Waals surface area contributed by atoms with Crippen LogP contribution >= 0.6 is 0 Å². The predicted octanol–water partition coefficient (Wildman–Crippen LogP) is 1.04. The molecule has 1 heterocycles. The Morgan fingerprint density at radius 1 is 1.36 bits per heavy atom. The average molecular weight is 196 g/mol. The minimum atomic E-state index is 0.211. The third kappa shape index (κ3) is 2.27. The maximum Gasteiger partial charge on any atom is 0.220 e. The van der Waals surface area contributed by atoms with E-state index in [0.29, 0.717) is 18.5 Å². The number of carbonyl (C=O) groups is 1. The highest BCUT2D eigenvalue weighted by Crippen LogP contribution is 2.25. The first-order valence-electron chi connectivity index (χ1n) is 5.78. The van der Waals surface area contributed by atoms with Crippen LogP contribution in [0.4, 0.5) is 0 Å². The first-order chi connectivity index (χ1) is 6.75. The Balaban J connectivity index is 1.77. The lowest BCUT2D eigenvalue weighted by molar-refractivity contribution is -0.122. The van der Waals surface area contributed by atoms with Gasteiger partial charge in [-0.3, -0.25) is 4.79 Å². The summed E-state index contributed by atoms with van der Waals surface area (Å²) in [7, 11) is 0. The van der Waals surface area contributed by atoms with Crippen molar-refractivity contribution in [2.24, 2.45) is 5.92 Å². The summed E-state index contributed by atoms with van der Waals surface area (Å²) in [6.45, 7) is 3.15. The molecule has 0 aromatic rings. The van der Waals surface area contributed by atoms with Gasteiger partial charge in [-0.2, -0.15) is 0 Å². The Bertz CT molecular complexity index is 207. The zero-order chi connectivity index (χ0) is 9.97. The SMILES string of the molecule is CC1CCCC1NC1CCC(=O)NC1. The molecule has 1 saturated carbocycles. The van der Waals surface area contributed by atoms with Crippen LogP contribution in [-0.2, 0) is 4.79 Å². The molecule has 1 amide bonds. The van der Waals surface area contributed by atoms with Crippen LogP contribution in [0.3, 0.4) is 0 Å². The van der Waals surface area contributed by atoms with Crippen molar-refractivity contribution in [2.75, 3.05) is 6.54 Å². The number of piperidine rings is 1. The fourth-order valence-corrected chi connectivity index (χ4v) is 2.57. The van der Waals surface area contributed by atoms with Crippen molar-refractivity contribution in [3.05, 3.63) is 0 Å². The van der Waals surface area contributed by atoms with Gasteiger partial charge >= 0.3 is 0 Å². The lowest BCUT2D eigenvalue weighted by atomic mass is 10.0. The van der Waals surface area contributed by atoms with Crippen molar-refractivity contribution >= 4 is 5.91 Å². The van der Waals surface area contributed by atoms with Crippen molar-refractivity contribution in [2.45, 2.75) is 51.1 Å². The fraction of sp³-hybridized carbons (Fsp3) is 0.909. The van der Waals surface area contributed by atoms with E-state index < -0.39 is 0 Å². The smallest absolute Gasteiger partial charge is 0.220 e. The van der Waals surface area contributed by atoms with Gasteiger partial charge in [-0.1, -0.05) is 13.3 Å². The molecule has 3 unspecified atom stereocenters. The molecule has 3 atom stereocenters. The number of carbonyl (C=O) groups excluding carboxylic acids is 1. The molecule has 1 saturated heterocycles. The van der Waals surface area contributed by atoms with Crippen LogP contribution in [0, 0.1) is 5.92 Å². The predicted molar refractivity (Wildman–Crippen MR) is 56.0 cm³/mol. The Hall–Kier alpha value is -0.570. The molecule has 0 radical (unpaired) electrons. The molecular formula is C11H20N2O. The highest BCUT2D eigenvalue weighted by molar-refractivity contribution is 5.76. The quantitative estimate of drug-likeness (QED) is 0.693. The molecule has 14 heavy (non-hydrogen) atoms. The van der Waals surface area contributed by atoms with Gasteiger partial charge in [0.25, 0.3) is 0 Å². The van der Waals surface area contributed by atoms with E-state index in [9.17, 15) is 4.79 Å². The van der Waals surface area contributed by atoms with E-state index in [1.165, 1.54) is 19.3 Å². The first kappa shape index (κ1) is 9.97. The molecule has 3 nitrogen and oxygen atoms in total. The van der Waals surface area contributed by atoms with Crippen LogP contribution in [0.2, 0.25) is 0 Å². The van der Waals surface area contributed by atoms with Crippen molar-refractivity contribution < 1.29 is 4.79 Å². The minimum absolute atomic E-state index is 0.211. The highest BCUT2D eigenvalue weighted by atomic mass is 16.1. The van der Waals surface area contributed by atoms with E-state index in [0.717, 1.165) is 18.9 Å². The molecule has 2 N–H and O–H groups in total. The first-order valence-corrected chi connectivity index (χ1v) is 5.78. The number of amides is 1. The molecule has 2 aliphatic rings. The third-order valence-corrected chi connectivity index (χ3v) is 3.58. The van der Waals surface area contributed by atoms with E-state index in [1.54, 1.807) is 0 Å². The maximum absolute atomic E-state index is 11.0. The molecule has 2 fully saturated rings. The van der Waals surface area contributed by atoms with Crippen LogP contribution in [0.25, 0.3) is 0 Å². The Kier molecular flexibility index (Phi) is 3.06. The zero-order valence-corrected chi connectivity index (χ0v) is 8.88. The highest BCUT2D eigenvalue weighted by Gasteiger charge is 2.27. The van der Waals surface area contributed by atoms with Crippen molar-refractivity contribution in [1.29, 1.82) is 0 Å². The van der Waals surface area contributed by atoms with Crippen LogP contribution in [0.5, 0.6) is 0 Å². The van der Waals surface area contributed by atoms with Gasteiger partial charge in [0.05, 0.1) is 0 Å². The third-order valence-electron chi connectivity index (χ3n) is 3.58. The van der Waals surface area contributed by atoms with Crippen LogP contribution in [0.1, 0.15) is 39.0 Å². The summed E-state index contributed by atoms with van der Waals surface area (Å²) >= 11 is 0. The van der Waals surface area contributed by atoms with E-state index in [-0.39, 0.29) is 5.91 Å². The Labute approximate surface area is 85.6 Å². The van der Waals surface area contributed by atoms with Gasteiger partial charge in [-0.15, -0.1) is 0 Å². The average Bonchev–Trinajstić information content (AvgIpc) is 2.56. The van der Waals surface area contributed by atoms with Gasteiger partial charge in [-0.05, 0) is 25.2 Å².